The number of cyclic esters (lactones) is 1. The van der Waals surface area contributed by atoms with E-state index in [0.29, 0.717) is 17.7 Å². The first-order valence-electron chi connectivity index (χ1n) is 15.4. The summed E-state index contributed by atoms with van der Waals surface area (Å²) in [5, 5.41) is 29.8. The summed E-state index contributed by atoms with van der Waals surface area (Å²) >= 11 is 0. The molecule has 7 atom stereocenters. The number of hydrogen-bond acceptors (Lipinski definition) is 8. The largest absolute Gasteiger partial charge is 0.458 e. The Kier molecular flexibility index (Phi) is 9.92. The average Bonchev–Trinajstić information content (AvgIpc) is 3.34. The number of benzene rings is 1. The fraction of sp³-hybridized carbons (Fsp3) is 0.606. The van der Waals surface area contributed by atoms with Crippen molar-refractivity contribution < 1.29 is 37.7 Å². The number of nitrogens with zero attached hydrogens (tertiary/aromatic N) is 2. The van der Waals surface area contributed by atoms with Crippen molar-refractivity contribution in [1.82, 2.24) is 15.1 Å². The lowest BCUT2D eigenvalue weighted by Crippen LogP contribution is -2.45. The summed E-state index contributed by atoms with van der Waals surface area (Å²) in [6.07, 6.45) is -1.84. The Hall–Kier alpha value is -3.22. The molecule has 12 heteroatoms. The van der Waals surface area contributed by atoms with Crippen molar-refractivity contribution in [2.75, 3.05) is 5.73 Å². The maximum Gasteiger partial charge on any atom is 0.418 e. The Morgan fingerprint density at radius 2 is 1.87 bits per heavy atom. The third-order valence-corrected chi connectivity index (χ3v) is 9.71. The molecule has 5 N–H and O–H groups in total. The number of ether oxygens (including phenoxy) is 1. The van der Waals surface area contributed by atoms with Gasteiger partial charge in [-0.25, -0.2) is 4.68 Å². The maximum absolute atomic E-state index is 13.4. The second-order valence-corrected chi connectivity index (χ2v) is 13.6. The molecule has 45 heavy (non-hydrogen) atoms. The summed E-state index contributed by atoms with van der Waals surface area (Å²) in [6, 6.07) is 5.25. The quantitative estimate of drug-likeness (QED) is 0.208. The monoisotopic (exact) mass is 634 g/mol. The molecule has 3 heterocycles. The summed E-state index contributed by atoms with van der Waals surface area (Å²) in [7, 11) is 0. The number of Topliss-reactive ketones (excluding diaryl/α,β-unsaturated/α-hetero) is 1. The van der Waals surface area contributed by atoms with E-state index in [0.717, 1.165) is 25.3 Å². The molecule has 248 valence electrons. The normalized spacial score (nSPS) is 32.1. The fourth-order valence-corrected chi connectivity index (χ4v) is 6.26. The number of halogens is 3. The van der Waals surface area contributed by atoms with Crippen molar-refractivity contribution in [2.24, 2.45) is 17.3 Å². The molecule has 0 bridgehead atoms. The zero-order valence-electron chi connectivity index (χ0n) is 26.7. The van der Waals surface area contributed by atoms with Gasteiger partial charge in [0.05, 0.1) is 41.0 Å². The van der Waals surface area contributed by atoms with Crippen LogP contribution in [0.5, 0.6) is 0 Å². The van der Waals surface area contributed by atoms with Gasteiger partial charge in [0.15, 0.2) is 0 Å². The molecular formula is C33H45F3N4O5. The molecular weight excluding hydrogens is 589 g/mol. The van der Waals surface area contributed by atoms with Crippen molar-refractivity contribution >= 4 is 23.5 Å². The van der Waals surface area contributed by atoms with Crippen molar-refractivity contribution in [2.45, 2.75) is 110 Å². The number of esters is 1. The highest BCUT2D eigenvalue weighted by Gasteiger charge is 2.50. The Labute approximate surface area is 262 Å². The lowest BCUT2D eigenvalue weighted by molar-refractivity contribution is -0.154. The molecule has 2 saturated heterocycles. The van der Waals surface area contributed by atoms with Crippen LogP contribution >= 0.6 is 0 Å². The van der Waals surface area contributed by atoms with E-state index in [-0.39, 0.29) is 34.7 Å². The third kappa shape index (κ3) is 7.78. The zero-order valence-corrected chi connectivity index (χ0v) is 26.7. The summed E-state index contributed by atoms with van der Waals surface area (Å²) in [5.41, 5.74) is 4.01. The molecule has 2 aliphatic heterocycles. The predicted molar refractivity (Wildman–Crippen MR) is 164 cm³/mol. The number of aromatic nitrogens is 2. The topological polar surface area (TPSA) is 150 Å². The third-order valence-electron chi connectivity index (χ3n) is 9.71. The molecule has 0 radical (unpaired) electrons. The average molecular weight is 635 g/mol. The van der Waals surface area contributed by atoms with Gasteiger partial charge in [0.2, 0.25) is 0 Å². The highest BCUT2D eigenvalue weighted by Crippen LogP contribution is 2.39. The predicted octanol–water partition coefficient (Wildman–Crippen LogP) is 5.07. The molecule has 2 fully saturated rings. The summed E-state index contributed by atoms with van der Waals surface area (Å²) in [6.45, 7) is 10.6. The van der Waals surface area contributed by atoms with Gasteiger partial charge in [-0.2, -0.15) is 18.3 Å². The number of aliphatic hydroxyl groups excluding tert-OH is 2. The van der Waals surface area contributed by atoms with Crippen molar-refractivity contribution in [1.29, 1.82) is 0 Å². The van der Waals surface area contributed by atoms with E-state index in [1.807, 2.05) is 6.92 Å². The van der Waals surface area contributed by atoms with Crippen LogP contribution in [0.25, 0.3) is 11.8 Å². The molecule has 9 nitrogen and oxygen atoms in total. The zero-order chi connectivity index (χ0) is 33.5. The molecule has 0 amide bonds. The Bertz CT molecular complexity index is 1440. The number of aliphatic hydroxyl groups is 2. The summed E-state index contributed by atoms with van der Waals surface area (Å²) in [5.74, 6) is -1.84. The molecule has 1 aromatic heterocycles. The highest BCUT2D eigenvalue weighted by molar-refractivity contribution is 5.88. The number of hydrogen-bond donors (Lipinski definition) is 4. The number of carbonyl (C=O) groups excluding carboxylic acids is 2. The first-order chi connectivity index (χ1) is 20.8. The van der Waals surface area contributed by atoms with E-state index in [2.05, 4.69) is 17.3 Å². The van der Waals surface area contributed by atoms with Gasteiger partial charge in [0.25, 0.3) is 0 Å². The Morgan fingerprint density at radius 1 is 1.18 bits per heavy atom. The van der Waals surface area contributed by atoms with Crippen molar-refractivity contribution in [3.05, 3.63) is 47.3 Å². The van der Waals surface area contributed by atoms with Crippen LogP contribution in [0.1, 0.15) is 84.9 Å². The Morgan fingerprint density at radius 3 is 2.53 bits per heavy atom. The van der Waals surface area contributed by atoms with Gasteiger partial charge in [-0.3, -0.25) is 9.59 Å². The number of carbonyl (C=O) groups is 2. The Balaban J connectivity index is 1.59. The van der Waals surface area contributed by atoms with Crippen LogP contribution in [0.2, 0.25) is 0 Å². The molecule has 4 rings (SSSR count). The standard InChI is InChI=1S/C33H45F3N4O5/c1-18-8-7-12-32(6)26(38-32)16-25(45-28(42)17-27(41)31(4,5)30(44)20(3)29(18)43)19(2)14-21-11-13-40(39-21)22-9-10-24(37)23(15-22)33(34,35)36/h9-11,13-15,18,20,25-27,29,38,41,43H,7-8,12,16-17,37H2,1-6H3/b19-14+/t18-,20+,25-,26-,27-,29-,32+/m0/s1. The number of nitrogen functional groups attached to an aromatic ring is 1. The first kappa shape index (κ1) is 34.6. The molecule has 0 saturated carbocycles. The molecule has 0 unspecified atom stereocenters. The number of rotatable bonds is 3. The minimum absolute atomic E-state index is 0.0433. The van der Waals surface area contributed by atoms with Crippen LogP contribution in [0, 0.1) is 17.3 Å². The smallest absolute Gasteiger partial charge is 0.418 e. The van der Waals surface area contributed by atoms with Crippen molar-refractivity contribution in [3.8, 4) is 5.69 Å². The van der Waals surface area contributed by atoms with Crippen LogP contribution in [0.4, 0.5) is 18.9 Å². The second kappa shape index (κ2) is 12.9. The molecule has 0 spiro atoms. The van der Waals surface area contributed by atoms with E-state index in [9.17, 15) is 33.0 Å². The van der Waals surface area contributed by atoms with Gasteiger partial charge in [0.1, 0.15) is 11.9 Å². The fourth-order valence-electron chi connectivity index (χ4n) is 6.26. The second-order valence-electron chi connectivity index (χ2n) is 13.6. The van der Waals surface area contributed by atoms with E-state index < -0.39 is 53.8 Å². The first-order valence-corrected chi connectivity index (χ1v) is 15.4. The molecule has 0 aliphatic carbocycles. The minimum atomic E-state index is -4.61. The number of anilines is 1. The maximum atomic E-state index is 13.4. The number of nitrogens with two attached hydrogens (primary N) is 1. The van der Waals surface area contributed by atoms with Crippen LogP contribution < -0.4 is 11.1 Å². The van der Waals surface area contributed by atoms with Gasteiger partial charge in [-0.05, 0) is 68.5 Å². The molecule has 2 aliphatic rings. The SMILES string of the molecule is C/C(=C\c1ccn(-c2ccc(N)c(C(F)(F)F)c2)n1)[C@@H]1C[C@@H]2N[C@]2(C)CCC[C@H](C)[C@H](O)[C@@H](C)C(=O)C(C)(C)[C@@H](O)CC(=O)O1. The lowest BCUT2D eigenvalue weighted by atomic mass is 9.73. The minimum Gasteiger partial charge on any atom is -0.458 e. The van der Waals surface area contributed by atoms with E-state index in [1.54, 1.807) is 39.8 Å². The highest BCUT2D eigenvalue weighted by atomic mass is 19.4. The number of ketones is 1. The van der Waals surface area contributed by atoms with Gasteiger partial charge in [-0.15, -0.1) is 0 Å². The van der Waals surface area contributed by atoms with E-state index >= 15 is 0 Å². The number of alkyl halides is 3. The molecule has 2 aromatic rings. The molecule has 1 aromatic carbocycles. The van der Waals surface area contributed by atoms with Gasteiger partial charge in [0, 0.05) is 35.8 Å². The summed E-state index contributed by atoms with van der Waals surface area (Å²) < 4.78 is 47.4. The van der Waals surface area contributed by atoms with E-state index in [1.165, 1.54) is 23.0 Å². The van der Waals surface area contributed by atoms with Crippen LogP contribution in [0.15, 0.2) is 36.0 Å². The van der Waals surface area contributed by atoms with Gasteiger partial charge >= 0.3 is 12.1 Å². The van der Waals surface area contributed by atoms with E-state index in [4.69, 9.17) is 10.5 Å². The van der Waals surface area contributed by atoms with Crippen LogP contribution in [-0.4, -0.2) is 61.6 Å². The van der Waals surface area contributed by atoms with Gasteiger partial charge in [-0.1, -0.05) is 34.1 Å². The number of nitrogens with one attached hydrogen (secondary N) is 1. The van der Waals surface area contributed by atoms with Crippen LogP contribution in [0.3, 0.4) is 0 Å². The van der Waals surface area contributed by atoms with Crippen molar-refractivity contribution in [3.63, 3.8) is 0 Å². The summed E-state index contributed by atoms with van der Waals surface area (Å²) in [4.78, 5) is 26.5. The van der Waals surface area contributed by atoms with Gasteiger partial charge < -0.3 is 26.0 Å². The number of fused-ring (bicyclic) bond motifs is 1. The van der Waals surface area contributed by atoms with Crippen LogP contribution in [-0.2, 0) is 20.5 Å². The lowest BCUT2D eigenvalue weighted by Gasteiger charge is -2.34.